The highest BCUT2D eigenvalue weighted by atomic mass is 32.2. The van der Waals surface area contributed by atoms with Crippen LogP contribution in [0.3, 0.4) is 0 Å². The molecule has 1 amide bonds. The zero-order valence-electron chi connectivity index (χ0n) is 17.1. The highest BCUT2D eigenvalue weighted by Gasteiger charge is 2.28. The Bertz CT molecular complexity index is 930. The van der Waals surface area contributed by atoms with Crippen molar-refractivity contribution < 1.29 is 17.7 Å². The molecule has 3 rings (SSSR count). The Morgan fingerprint density at radius 2 is 1.90 bits per heavy atom. The molecule has 0 bridgehead atoms. The molecule has 1 saturated heterocycles. The lowest BCUT2D eigenvalue weighted by atomic mass is 10.0. The minimum Gasteiger partial charge on any atom is -0.354 e. The lowest BCUT2D eigenvalue weighted by Crippen LogP contribution is -2.37. The van der Waals surface area contributed by atoms with Crippen LogP contribution in [0.25, 0.3) is 11.4 Å². The molecule has 158 valence electrons. The molecular formula is C20H28N4O4S. The summed E-state index contributed by atoms with van der Waals surface area (Å²) in [5, 5.41) is 6.75. The molecule has 1 aromatic carbocycles. The fourth-order valence-electron chi connectivity index (χ4n) is 3.24. The summed E-state index contributed by atoms with van der Waals surface area (Å²) in [4.78, 5) is 16.3. The van der Waals surface area contributed by atoms with Gasteiger partial charge in [-0.05, 0) is 56.9 Å². The van der Waals surface area contributed by atoms with E-state index in [9.17, 15) is 13.2 Å². The zero-order chi connectivity index (χ0) is 21.0. The molecule has 29 heavy (non-hydrogen) atoms. The monoisotopic (exact) mass is 420 g/mol. The SMILES string of the molecule is CC1CCN(S(=O)(=O)c2ccc(-c3noc(CCC(=O)NC(C)C)n3)cc2)CC1. The third-order valence-electron chi connectivity index (χ3n) is 4.98. The first-order valence-electron chi connectivity index (χ1n) is 9.98. The van der Waals surface area contributed by atoms with Crippen LogP contribution in [0.4, 0.5) is 0 Å². The summed E-state index contributed by atoms with van der Waals surface area (Å²) in [6.45, 7) is 7.07. The number of amides is 1. The molecule has 0 saturated carbocycles. The fourth-order valence-corrected chi connectivity index (χ4v) is 4.71. The lowest BCUT2D eigenvalue weighted by molar-refractivity contribution is -0.121. The smallest absolute Gasteiger partial charge is 0.243 e. The molecule has 2 aromatic rings. The van der Waals surface area contributed by atoms with Crippen LogP contribution in [-0.2, 0) is 21.2 Å². The molecule has 1 aromatic heterocycles. The Morgan fingerprint density at radius 1 is 1.24 bits per heavy atom. The van der Waals surface area contributed by atoms with Crippen molar-refractivity contribution in [2.75, 3.05) is 13.1 Å². The van der Waals surface area contributed by atoms with Crippen molar-refractivity contribution in [1.82, 2.24) is 19.8 Å². The van der Waals surface area contributed by atoms with Gasteiger partial charge in [-0.15, -0.1) is 0 Å². The van der Waals surface area contributed by atoms with E-state index in [1.165, 1.54) is 0 Å². The topological polar surface area (TPSA) is 105 Å². The van der Waals surface area contributed by atoms with E-state index in [-0.39, 0.29) is 23.3 Å². The normalized spacial score (nSPS) is 16.3. The van der Waals surface area contributed by atoms with E-state index in [2.05, 4.69) is 22.4 Å². The summed E-state index contributed by atoms with van der Waals surface area (Å²) < 4.78 is 32.4. The van der Waals surface area contributed by atoms with Crippen LogP contribution in [0, 0.1) is 5.92 Å². The minimum absolute atomic E-state index is 0.0681. The highest BCUT2D eigenvalue weighted by molar-refractivity contribution is 7.89. The molecule has 0 aliphatic carbocycles. The van der Waals surface area contributed by atoms with E-state index in [4.69, 9.17) is 4.52 Å². The van der Waals surface area contributed by atoms with Crippen molar-refractivity contribution in [3.8, 4) is 11.4 Å². The number of rotatable bonds is 7. The molecule has 9 heteroatoms. The van der Waals surface area contributed by atoms with E-state index in [0.717, 1.165) is 12.8 Å². The number of benzene rings is 1. The second-order valence-corrected chi connectivity index (χ2v) is 9.78. The van der Waals surface area contributed by atoms with Crippen LogP contribution in [0.1, 0.15) is 45.9 Å². The molecule has 8 nitrogen and oxygen atoms in total. The Hall–Kier alpha value is -2.26. The first-order chi connectivity index (χ1) is 13.8. The number of piperidine rings is 1. The largest absolute Gasteiger partial charge is 0.354 e. The number of hydrogen-bond donors (Lipinski definition) is 1. The molecule has 1 aliphatic rings. The number of aryl methyl sites for hydroxylation is 1. The van der Waals surface area contributed by atoms with Gasteiger partial charge in [0.05, 0.1) is 4.90 Å². The van der Waals surface area contributed by atoms with Gasteiger partial charge in [0.25, 0.3) is 0 Å². The molecule has 0 radical (unpaired) electrons. The standard InChI is InChI=1S/C20H28N4O4S/c1-14(2)21-18(25)8-9-19-22-20(23-28-19)16-4-6-17(7-5-16)29(26,27)24-12-10-15(3)11-13-24/h4-7,14-15H,8-13H2,1-3H3,(H,21,25). The Balaban J connectivity index is 1.65. The molecule has 1 N–H and O–H groups in total. The van der Waals surface area contributed by atoms with Gasteiger partial charge in [0.15, 0.2) is 0 Å². The number of hydrogen-bond acceptors (Lipinski definition) is 6. The van der Waals surface area contributed by atoms with E-state index in [0.29, 0.717) is 42.7 Å². The van der Waals surface area contributed by atoms with Crippen molar-refractivity contribution in [2.24, 2.45) is 5.92 Å². The number of carbonyl (C=O) groups excluding carboxylic acids is 1. The van der Waals surface area contributed by atoms with E-state index < -0.39 is 10.0 Å². The number of sulfonamides is 1. The molecule has 0 unspecified atom stereocenters. The predicted molar refractivity (Wildman–Crippen MR) is 108 cm³/mol. The maximum absolute atomic E-state index is 12.8. The van der Waals surface area contributed by atoms with E-state index in [1.807, 2.05) is 13.8 Å². The van der Waals surface area contributed by atoms with Gasteiger partial charge in [0, 0.05) is 37.5 Å². The van der Waals surface area contributed by atoms with Crippen LogP contribution in [0.2, 0.25) is 0 Å². The molecule has 0 spiro atoms. The van der Waals surface area contributed by atoms with Crippen LogP contribution >= 0.6 is 0 Å². The van der Waals surface area contributed by atoms with Crippen LogP contribution in [-0.4, -0.2) is 47.9 Å². The summed E-state index contributed by atoms with van der Waals surface area (Å²) in [6, 6.07) is 6.60. The van der Waals surface area contributed by atoms with Crippen molar-refractivity contribution in [3.63, 3.8) is 0 Å². The van der Waals surface area contributed by atoms with Crippen LogP contribution < -0.4 is 5.32 Å². The van der Waals surface area contributed by atoms with Crippen molar-refractivity contribution in [3.05, 3.63) is 30.2 Å². The lowest BCUT2D eigenvalue weighted by Gasteiger charge is -2.29. The molecule has 2 heterocycles. The van der Waals surface area contributed by atoms with Gasteiger partial charge in [-0.3, -0.25) is 4.79 Å². The van der Waals surface area contributed by atoms with Gasteiger partial charge in [-0.2, -0.15) is 9.29 Å². The number of aromatic nitrogens is 2. The van der Waals surface area contributed by atoms with Gasteiger partial charge in [-0.25, -0.2) is 8.42 Å². The average Bonchev–Trinajstić information content (AvgIpc) is 3.15. The molecule has 1 fully saturated rings. The number of nitrogens with one attached hydrogen (secondary N) is 1. The Morgan fingerprint density at radius 3 is 2.52 bits per heavy atom. The third kappa shape index (κ3) is 5.42. The van der Waals surface area contributed by atoms with Gasteiger partial charge >= 0.3 is 0 Å². The number of carbonyl (C=O) groups is 1. The minimum atomic E-state index is -3.48. The maximum atomic E-state index is 12.8. The van der Waals surface area contributed by atoms with Crippen molar-refractivity contribution >= 4 is 15.9 Å². The highest BCUT2D eigenvalue weighted by Crippen LogP contribution is 2.25. The zero-order valence-corrected chi connectivity index (χ0v) is 17.9. The summed E-state index contributed by atoms with van der Waals surface area (Å²) in [6.07, 6.45) is 2.40. The average molecular weight is 421 g/mol. The van der Waals surface area contributed by atoms with Crippen LogP contribution in [0.15, 0.2) is 33.7 Å². The quantitative estimate of drug-likeness (QED) is 0.738. The van der Waals surface area contributed by atoms with Crippen molar-refractivity contribution in [1.29, 1.82) is 0 Å². The van der Waals surface area contributed by atoms with Gasteiger partial charge in [0.1, 0.15) is 0 Å². The van der Waals surface area contributed by atoms with Crippen molar-refractivity contribution in [2.45, 2.75) is 57.4 Å². The second-order valence-electron chi connectivity index (χ2n) is 7.84. The summed E-state index contributed by atoms with van der Waals surface area (Å²) in [5.41, 5.74) is 0.665. The van der Waals surface area contributed by atoms with Gasteiger partial charge in [-0.1, -0.05) is 12.1 Å². The van der Waals surface area contributed by atoms with E-state index in [1.54, 1.807) is 28.6 Å². The summed E-state index contributed by atoms with van der Waals surface area (Å²) >= 11 is 0. The van der Waals surface area contributed by atoms with E-state index >= 15 is 0 Å². The summed E-state index contributed by atoms with van der Waals surface area (Å²) in [7, 11) is -3.48. The van der Waals surface area contributed by atoms with Gasteiger partial charge in [0.2, 0.25) is 27.6 Å². The molecule has 1 aliphatic heterocycles. The predicted octanol–water partition coefficient (Wildman–Crippen LogP) is 2.61. The first kappa shape index (κ1) is 21.4. The molecule has 0 atom stereocenters. The Kier molecular flexibility index (Phi) is 6.69. The number of nitrogens with zero attached hydrogens (tertiary/aromatic N) is 3. The second kappa shape index (κ2) is 9.04. The van der Waals surface area contributed by atoms with Gasteiger partial charge < -0.3 is 9.84 Å². The first-order valence-corrected chi connectivity index (χ1v) is 11.4. The maximum Gasteiger partial charge on any atom is 0.243 e. The Labute approximate surface area is 171 Å². The fraction of sp³-hybridized carbons (Fsp3) is 0.550. The third-order valence-corrected chi connectivity index (χ3v) is 6.89. The summed E-state index contributed by atoms with van der Waals surface area (Å²) in [5.74, 6) is 1.24. The van der Waals surface area contributed by atoms with Crippen LogP contribution in [0.5, 0.6) is 0 Å². The molecular weight excluding hydrogens is 392 g/mol.